The molecule has 0 aliphatic heterocycles. The summed E-state index contributed by atoms with van der Waals surface area (Å²) in [6.07, 6.45) is 0. The van der Waals surface area contributed by atoms with Crippen molar-refractivity contribution in [1.82, 2.24) is 20.2 Å². The molecule has 0 radical (unpaired) electrons. The van der Waals surface area contributed by atoms with Gasteiger partial charge in [0.05, 0.1) is 15.9 Å². The van der Waals surface area contributed by atoms with Crippen molar-refractivity contribution in [2.45, 2.75) is 17.3 Å². The fourth-order valence-corrected chi connectivity index (χ4v) is 3.19. The van der Waals surface area contributed by atoms with Crippen molar-refractivity contribution in [3.63, 3.8) is 0 Å². The number of non-ortho nitro benzene ring substituents is 1. The van der Waals surface area contributed by atoms with Gasteiger partial charge in [-0.3, -0.25) is 14.9 Å². The van der Waals surface area contributed by atoms with Crippen LogP contribution in [-0.4, -0.2) is 36.3 Å². The topological polar surface area (TPSA) is 116 Å². The predicted molar refractivity (Wildman–Crippen MR) is 104 cm³/mol. The van der Waals surface area contributed by atoms with E-state index in [0.717, 1.165) is 10.2 Å². The summed E-state index contributed by atoms with van der Waals surface area (Å²) in [4.78, 5) is 22.6. The summed E-state index contributed by atoms with van der Waals surface area (Å²) in [5.74, 6) is -0.265. The lowest BCUT2D eigenvalue weighted by Gasteiger charge is -2.11. The molecular weight excluding hydrogens is 436 g/mol. The van der Waals surface area contributed by atoms with Gasteiger partial charge in [-0.25, -0.2) is 0 Å². The summed E-state index contributed by atoms with van der Waals surface area (Å²) in [5, 5.41) is 25.0. The summed E-state index contributed by atoms with van der Waals surface area (Å²) in [6.45, 7) is 1.73. The quantitative estimate of drug-likeness (QED) is 0.348. The van der Waals surface area contributed by atoms with Crippen LogP contribution in [0.3, 0.4) is 0 Å². The van der Waals surface area contributed by atoms with Gasteiger partial charge in [-0.1, -0.05) is 27.7 Å². The van der Waals surface area contributed by atoms with Crippen molar-refractivity contribution < 1.29 is 9.72 Å². The van der Waals surface area contributed by atoms with E-state index in [4.69, 9.17) is 0 Å². The van der Waals surface area contributed by atoms with Gasteiger partial charge < -0.3 is 5.32 Å². The number of nitro benzene ring substituents is 1. The summed E-state index contributed by atoms with van der Waals surface area (Å²) < 4.78 is 2.48. The van der Waals surface area contributed by atoms with Crippen molar-refractivity contribution >= 4 is 45.0 Å². The van der Waals surface area contributed by atoms with Gasteiger partial charge in [0, 0.05) is 22.3 Å². The standard InChI is InChI=1S/C16H13BrN6O3S/c1-10(15(24)18-12-4-8-14(9-5-12)23(25)26)27-16-19-20-21-22(16)13-6-2-11(17)3-7-13/h2-10H,1H3,(H,18,24). The Balaban J connectivity index is 1.67. The Kier molecular flexibility index (Phi) is 5.81. The summed E-state index contributed by atoms with van der Waals surface area (Å²) in [5.41, 5.74) is 1.21. The van der Waals surface area contributed by atoms with E-state index in [0.29, 0.717) is 10.8 Å². The average Bonchev–Trinajstić information content (AvgIpc) is 3.10. The molecule has 3 rings (SSSR count). The Hall–Kier alpha value is -2.79. The fraction of sp³-hybridized carbons (Fsp3) is 0.125. The normalized spacial score (nSPS) is 11.8. The molecular formula is C16H13BrN6O3S. The Morgan fingerprint density at radius 2 is 1.89 bits per heavy atom. The molecule has 1 N–H and O–H groups in total. The van der Waals surface area contributed by atoms with Gasteiger partial charge in [0.25, 0.3) is 5.69 Å². The number of benzene rings is 2. The average molecular weight is 449 g/mol. The molecule has 0 bridgehead atoms. The van der Waals surface area contributed by atoms with Crippen molar-refractivity contribution in [2.24, 2.45) is 0 Å². The van der Waals surface area contributed by atoms with E-state index in [2.05, 4.69) is 36.8 Å². The summed E-state index contributed by atoms with van der Waals surface area (Å²) >= 11 is 4.58. The van der Waals surface area contributed by atoms with Gasteiger partial charge in [0.15, 0.2) is 0 Å². The number of anilines is 1. The highest BCUT2D eigenvalue weighted by molar-refractivity contribution is 9.10. The first-order valence-corrected chi connectivity index (χ1v) is 9.37. The molecule has 1 aromatic heterocycles. The largest absolute Gasteiger partial charge is 0.325 e. The van der Waals surface area contributed by atoms with Crippen molar-refractivity contribution in [1.29, 1.82) is 0 Å². The number of carbonyl (C=O) groups is 1. The minimum absolute atomic E-state index is 0.0379. The van der Waals surface area contributed by atoms with Crippen LogP contribution in [0, 0.1) is 10.1 Å². The molecule has 0 saturated carbocycles. The van der Waals surface area contributed by atoms with Crippen LogP contribution >= 0.6 is 27.7 Å². The second-order valence-corrected chi connectivity index (χ2v) is 7.63. The van der Waals surface area contributed by atoms with Crippen LogP contribution in [0.1, 0.15) is 6.92 Å². The number of thioether (sulfide) groups is 1. The maximum absolute atomic E-state index is 12.4. The van der Waals surface area contributed by atoms with Crippen LogP contribution in [0.5, 0.6) is 0 Å². The zero-order chi connectivity index (χ0) is 19.4. The first kappa shape index (κ1) is 19.0. The zero-order valence-corrected chi connectivity index (χ0v) is 16.3. The molecule has 0 spiro atoms. The minimum Gasteiger partial charge on any atom is -0.325 e. The number of rotatable bonds is 6. The number of halogens is 1. The molecule has 1 amide bonds. The number of carbonyl (C=O) groups excluding carboxylic acids is 1. The van der Waals surface area contributed by atoms with Crippen LogP contribution in [0.15, 0.2) is 58.2 Å². The number of nitrogens with one attached hydrogen (secondary N) is 1. The van der Waals surface area contributed by atoms with Gasteiger partial charge in [-0.15, -0.1) is 5.10 Å². The zero-order valence-electron chi connectivity index (χ0n) is 13.9. The molecule has 2 aromatic carbocycles. The summed E-state index contributed by atoms with van der Waals surface area (Å²) in [7, 11) is 0. The monoisotopic (exact) mass is 448 g/mol. The number of nitro groups is 1. The first-order valence-electron chi connectivity index (χ1n) is 7.70. The first-order chi connectivity index (χ1) is 12.9. The third-order valence-electron chi connectivity index (χ3n) is 3.51. The Labute approximate surface area is 166 Å². The van der Waals surface area contributed by atoms with Crippen LogP contribution in [0.4, 0.5) is 11.4 Å². The van der Waals surface area contributed by atoms with Crippen LogP contribution in [-0.2, 0) is 4.79 Å². The molecule has 1 heterocycles. The molecule has 3 aromatic rings. The van der Waals surface area contributed by atoms with E-state index in [-0.39, 0.29) is 11.6 Å². The minimum atomic E-state index is -0.494. The van der Waals surface area contributed by atoms with E-state index < -0.39 is 10.2 Å². The number of tetrazole rings is 1. The van der Waals surface area contributed by atoms with E-state index in [1.54, 1.807) is 11.6 Å². The van der Waals surface area contributed by atoms with Gasteiger partial charge in [0.2, 0.25) is 11.1 Å². The van der Waals surface area contributed by atoms with Crippen LogP contribution < -0.4 is 5.32 Å². The van der Waals surface area contributed by atoms with Crippen LogP contribution in [0.25, 0.3) is 5.69 Å². The van der Waals surface area contributed by atoms with Crippen molar-refractivity contribution in [2.75, 3.05) is 5.32 Å². The summed E-state index contributed by atoms with van der Waals surface area (Å²) in [6, 6.07) is 13.1. The van der Waals surface area contributed by atoms with Crippen molar-refractivity contribution in [3.8, 4) is 5.69 Å². The van der Waals surface area contributed by atoms with E-state index in [1.165, 1.54) is 36.0 Å². The highest BCUT2D eigenvalue weighted by Crippen LogP contribution is 2.25. The van der Waals surface area contributed by atoms with Gasteiger partial charge in [0.1, 0.15) is 0 Å². The lowest BCUT2D eigenvalue weighted by molar-refractivity contribution is -0.384. The molecule has 1 atom stereocenters. The molecule has 27 heavy (non-hydrogen) atoms. The second-order valence-electron chi connectivity index (χ2n) is 5.40. The maximum atomic E-state index is 12.4. The highest BCUT2D eigenvalue weighted by Gasteiger charge is 2.19. The van der Waals surface area contributed by atoms with Crippen molar-refractivity contribution in [3.05, 3.63) is 63.1 Å². The lowest BCUT2D eigenvalue weighted by Crippen LogP contribution is -2.22. The van der Waals surface area contributed by atoms with Gasteiger partial charge in [-0.2, -0.15) is 4.68 Å². The number of nitrogens with zero attached hydrogens (tertiary/aromatic N) is 5. The van der Waals surface area contributed by atoms with Gasteiger partial charge >= 0.3 is 0 Å². The van der Waals surface area contributed by atoms with Crippen LogP contribution in [0.2, 0.25) is 0 Å². The third-order valence-corrected chi connectivity index (χ3v) is 5.07. The smallest absolute Gasteiger partial charge is 0.269 e. The van der Waals surface area contributed by atoms with E-state index in [9.17, 15) is 14.9 Å². The molecule has 0 aliphatic rings. The Bertz CT molecular complexity index is 961. The molecule has 0 saturated heterocycles. The maximum Gasteiger partial charge on any atom is 0.269 e. The Morgan fingerprint density at radius 3 is 2.52 bits per heavy atom. The molecule has 0 aliphatic carbocycles. The second kappa shape index (κ2) is 8.27. The third kappa shape index (κ3) is 4.68. The molecule has 138 valence electrons. The SMILES string of the molecule is CC(Sc1nnnn1-c1ccc(Br)cc1)C(=O)Nc1ccc([N+](=O)[O-])cc1. The molecule has 0 fully saturated rings. The highest BCUT2D eigenvalue weighted by atomic mass is 79.9. The Morgan fingerprint density at radius 1 is 1.22 bits per heavy atom. The number of aromatic nitrogens is 4. The molecule has 9 nitrogen and oxygen atoms in total. The number of hydrogen-bond acceptors (Lipinski definition) is 7. The van der Waals surface area contributed by atoms with Gasteiger partial charge in [-0.05, 0) is 53.7 Å². The predicted octanol–water partition coefficient (Wildman–Crippen LogP) is 3.45. The number of amides is 1. The fourth-order valence-electron chi connectivity index (χ4n) is 2.12. The number of hydrogen-bond donors (Lipinski definition) is 1. The lowest BCUT2D eigenvalue weighted by atomic mass is 10.3. The van der Waals surface area contributed by atoms with E-state index >= 15 is 0 Å². The molecule has 11 heteroatoms. The molecule has 1 unspecified atom stereocenters. The van der Waals surface area contributed by atoms with E-state index in [1.807, 2.05) is 24.3 Å².